The van der Waals surface area contributed by atoms with Crippen LogP contribution in [0, 0.1) is 11.3 Å². The first-order chi connectivity index (χ1) is 5.22. The summed E-state index contributed by atoms with van der Waals surface area (Å²) < 4.78 is 11.3. The molecule has 0 fully saturated rings. The highest BCUT2D eigenvalue weighted by Crippen LogP contribution is 2.03. The Morgan fingerprint density at radius 3 is 2.73 bits per heavy atom. The number of nitrogens with zero attached hydrogens (tertiary/aromatic N) is 1. The Balaban J connectivity index is 3.57. The van der Waals surface area contributed by atoms with Gasteiger partial charge in [0.2, 0.25) is 0 Å². The van der Waals surface area contributed by atoms with E-state index in [1.54, 1.807) is 0 Å². The molecule has 2 atom stereocenters. The number of nitriles is 1. The zero-order valence-corrected chi connectivity index (χ0v) is 7.99. The molecule has 0 aliphatic carbocycles. The minimum absolute atomic E-state index is 0.0477. The Bertz CT molecular complexity index is 162. The molecule has 0 aliphatic heterocycles. The molecule has 64 valence electrons. The molecule has 0 rings (SSSR count). The van der Waals surface area contributed by atoms with Gasteiger partial charge in [-0.05, 0) is 13.3 Å². The third kappa shape index (κ3) is 4.97. The highest BCUT2D eigenvalue weighted by atomic mass is 32.2. The molecule has 0 aromatic rings. The summed E-state index contributed by atoms with van der Waals surface area (Å²) in [6, 6.07) is 2.03. The van der Waals surface area contributed by atoms with E-state index in [9.17, 15) is 4.21 Å². The van der Waals surface area contributed by atoms with Crippen molar-refractivity contribution in [3.8, 4) is 6.07 Å². The van der Waals surface area contributed by atoms with Crippen molar-refractivity contribution >= 4 is 10.8 Å². The van der Waals surface area contributed by atoms with E-state index in [2.05, 4.69) is 6.92 Å². The van der Waals surface area contributed by atoms with Crippen molar-refractivity contribution in [2.24, 2.45) is 0 Å². The molecular formula is C8H15NOS. The van der Waals surface area contributed by atoms with E-state index in [0.29, 0.717) is 6.42 Å². The molecule has 0 aliphatic rings. The van der Waals surface area contributed by atoms with Crippen molar-refractivity contribution in [2.75, 3.05) is 5.75 Å². The van der Waals surface area contributed by atoms with E-state index < -0.39 is 10.8 Å². The van der Waals surface area contributed by atoms with E-state index in [4.69, 9.17) is 5.26 Å². The lowest BCUT2D eigenvalue weighted by atomic mass is 10.4. The third-order valence-electron chi connectivity index (χ3n) is 1.53. The molecule has 0 amide bonds. The van der Waals surface area contributed by atoms with Gasteiger partial charge in [-0.3, -0.25) is 4.21 Å². The van der Waals surface area contributed by atoms with Gasteiger partial charge in [0.25, 0.3) is 0 Å². The van der Waals surface area contributed by atoms with Crippen LogP contribution in [-0.4, -0.2) is 15.2 Å². The summed E-state index contributed by atoms with van der Waals surface area (Å²) >= 11 is 0. The molecule has 0 bridgehead atoms. The fourth-order valence-corrected chi connectivity index (χ4v) is 1.95. The van der Waals surface area contributed by atoms with Gasteiger partial charge >= 0.3 is 0 Å². The van der Waals surface area contributed by atoms with Crippen LogP contribution in [0.5, 0.6) is 0 Å². The topological polar surface area (TPSA) is 40.9 Å². The normalized spacial score (nSPS) is 15.4. The monoisotopic (exact) mass is 173 g/mol. The van der Waals surface area contributed by atoms with E-state index in [0.717, 1.165) is 18.6 Å². The van der Waals surface area contributed by atoms with Crippen LogP contribution in [0.15, 0.2) is 0 Å². The van der Waals surface area contributed by atoms with Gasteiger partial charge in [-0.1, -0.05) is 13.3 Å². The molecule has 0 saturated heterocycles. The van der Waals surface area contributed by atoms with Crippen LogP contribution in [0.4, 0.5) is 0 Å². The molecule has 0 N–H and O–H groups in total. The zero-order chi connectivity index (χ0) is 8.69. The fraction of sp³-hybridized carbons (Fsp3) is 0.875. The van der Waals surface area contributed by atoms with Crippen molar-refractivity contribution in [1.82, 2.24) is 0 Å². The predicted octanol–water partition coefficient (Wildman–Crippen LogP) is 1.84. The maximum Gasteiger partial charge on any atom is 0.0634 e. The summed E-state index contributed by atoms with van der Waals surface area (Å²) in [5.74, 6) is 0.749. The second-order valence-electron chi connectivity index (χ2n) is 2.61. The fourth-order valence-electron chi connectivity index (χ4n) is 0.709. The van der Waals surface area contributed by atoms with Gasteiger partial charge in [0.05, 0.1) is 6.07 Å². The lowest BCUT2D eigenvalue weighted by Gasteiger charge is -2.05. The zero-order valence-electron chi connectivity index (χ0n) is 7.17. The van der Waals surface area contributed by atoms with Gasteiger partial charge < -0.3 is 0 Å². The van der Waals surface area contributed by atoms with Crippen LogP contribution in [0.2, 0.25) is 0 Å². The van der Waals surface area contributed by atoms with E-state index in [1.807, 2.05) is 13.0 Å². The van der Waals surface area contributed by atoms with E-state index in [-0.39, 0.29) is 5.25 Å². The van der Waals surface area contributed by atoms with Crippen molar-refractivity contribution in [2.45, 2.75) is 38.4 Å². The van der Waals surface area contributed by atoms with Gasteiger partial charge in [-0.25, -0.2) is 0 Å². The molecule has 0 spiro atoms. The molecule has 2 nitrogen and oxygen atoms in total. The predicted molar refractivity (Wildman–Crippen MR) is 47.6 cm³/mol. The van der Waals surface area contributed by atoms with Crippen molar-refractivity contribution in [1.29, 1.82) is 5.26 Å². The molecule has 0 saturated carbocycles. The lowest BCUT2D eigenvalue weighted by molar-refractivity contribution is 0.670. The average Bonchev–Trinajstić information content (AvgIpc) is 2.00. The smallest absolute Gasteiger partial charge is 0.0634 e. The first-order valence-electron chi connectivity index (χ1n) is 3.96. The standard InChI is InChI=1S/C8H15NOS/c1-3-4-7-11(10)8(2)5-6-9/h8H,3-5,7H2,1-2H3. The van der Waals surface area contributed by atoms with Crippen LogP contribution in [0.1, 0.15) is 33.1 Å². The third-order valence-corrected chi connectivity index (χ3v) is 3.28. The summed E-state index contributed by atoms with van der Waals surface area (Å²) in [6.45, 7) is 3.95. The lowest BCUT2D eigenvalue weighted by Crippen LogP contribution is -2.12. The summed E-state index contributed by atoms with van der Waals surface area (Å²) in [6.07, 6.45) is 2.49. The van der Waals surface area contributed by atoms with Crippen molar-refractivity contribution in [3.63, 3.8) is 0 Å². The maximum absolute atomic E-state index is 11.3. The van der Waals surface area contributed by atoms with Gasteiger partial charge in [0, 0.05) is 28.2 Å². The van der Waals surface area contributed by atoms with Crippen LogP contribution in [0.25, 0.3) is 0 Å². The molecule has 0 aromatic carbocycles. The summed E-state index contributed by atoms with van der Waals surface area (Å²) in [5.41, 5.74) is 0. The van der Waals surface area contributed by atoms with Crippen LogP contribution in [0.3, 0.4) is 0 Å². The van der Waals surface area contributed by atoms with E-state index in [1.165, 1.54) is 0 Å². The minimum Gasteiger partial charge on any atom is -0.259 e. The average molecular weight is 173 g/mol. The van der Waals surface area contributed by atoms with Gasteiger partial charge in [-0.15, -0.1) is 0 Å². The Morgan fingerprint density at radius 2 is 2.27 bits per heavy atom. The Hall–Kier alpha value is -0.360. The molecule has 11 heavy (non-hydrogen) atoms. The Kier molecular flexibility index (Phi) is 6.15. The van der Waals surface area contributed by atoms with Crippen LogP contribution >= 0.6 is 0 Å². The second kappa shape index (κ2) is 6.36. The second-order valence-corrected chi connectivity index (χ2v) is 4.59. The summed E-state index contributed by atoms with van der Waals surface area (Å²) in [5, 5.41) is 8.37. The number of rotatable bonds is 5. The highest BCUT2D eigenvalue weighted by Gasteiger charge is 2.08. The quantitative estimate of drug-likeness (QED) is 0.636. The highest BCUT2D eigenvalue weighted by molar-refractivity contribution is 7.85. The first kappa shape index (κ1) is 10.6. The molecular weight excluding hydrogens is 158 g/mol. The van der Waals surface area contributed by atoms with Gasteiger partial charge in [0.15, 0.2) is 0 Å². The minimum atomic E-state index is -0.787. The first-order valence-corrected chi connectivity index (χ1v) is 5.34. The van der Waals surface area contributed by atoms with Crippen LogP contribution in [-0.2, 0) is 10.8 Å². The summed E-state index contributed by atoms with van der Waals surface area (Å²) in [7, 11) is -0.787. The van der Waals surface area contributed by atoms with Crippen molar-refractivity contribution < 1.29 is 4.21 Å². The molecule has 3 heteroatoms. The Morgan fingerprint density at radius 1 is 1.64 bits per heavy atom. The molecule has 0 radical (unpaired) electrons. The molecule has 0 heterocycles. The number of hydrogen-bond acceptors (Lipinski definition) is 2. The van der Waals surface area contributed by atoms with Crippen molar-refractivity contribution in [3.05, 3.63) is 0 Å². The summed E-state index contributed by atoms with van der Waals surface area (Å²) in [4.78, 5) is 0. The largest absolute Gasteiger partial charge is 0.259 e. The van der Waals surface area contributed by atoms with Gasteiger partial charge in [0.1, 0.15) is 0 Å². The number of unbranched alkanes of at least 4 members (excludes halogenated alkanes) is 1. The van der Waals surface area contributed by atoms with Crippen LogP contribution < -0.4 is 0 Å². The Labute approximate surface area is 71.1 Å². The van der Waals surface area contributed by atoms with Gasteiger partial charge in [-0.2, -0.15) is 5.26 Å². The maximum atomic E-state index is 11.3. The number of hydrogen-bond donors (Lipinski definition) is 0. The van der Waals surface area contributed by atoms with E-state index >= 15 is 0 Å². The SMILES string of the molecule is CCCCS(=O)C(C)CC#N. The molecule has 2 unspecified atom stereocenters. The molecule has 0 aromatic heterocycles.